The molecule has 1 heterocycles. The predicted molar refractivity (Wildman–Crippen MR) is 78.3 cm³/mol. The molecule has 1 rings (SSSR count). The van der Waals surface area contributed by atoms with Crippen molar-refractivity contribution in [2.45, 2.75) is 65.1 Å². The van der Waals surface area contributed by atoms with Crippen LogP contribution in [0.2, 0.25) is 0 Å². The average Bonchev–Trinajstić information content (AvgIpc) is 2.39. The molecule has 0 aliphatic carbocycles. The molecule has 3 unspecified atom stereocenters. The van der Waals surface area contributed by atoms with Crippen molar-refractivity contribution in [2.75, 3.05) is 13.7 Å². The number of nitrogens with one attached hydrogen (secondary N) is 1. The summed E-state index contributed by atoms with van der Waals surface area (Å²) < 4.78 is 5.27. The lowest BCUT2D eigenvalue weighted by Gasteiger charge is -2.45. The van der Waals surface area contributed by atoms with Crippen LogP contribution in [0.5, 0.6) is 0 Å². The number of piperazine rings is 1. The van der Waals surface area contributed by atoms with Crippen LogP contribution in [0.3, 0.4) is 0 Å². The molecule has 5 nitrogen and oxygen atoms in total. The molecule has 1 N–H and O–H groups in total. The van der Waals surface area contributed by atoms with Gasteiger partial charge < -0.3 is 15.0 Å². The summed E-state index contributed by atoms with van der Waals surface area (Å²) in [5.41, 5.74) is -0.794. The Kier molecular flexibility index (Phi) is 5.57. The molecule has 0 aromatic rings. The summed E-state index contributed by atoms with van der Waals surface area (Å²) in [5.74, 6) is 0.296. The van der Waals surface area contributed by atoms with Crippen molar-refractivity contribution in [1.82, 2.24) is 10.2 Å². The van der Waals surface area contributed by atoms with Gasteiger partial charge >= 0.3 is 0 Å². The van der Waals surface area contributed by atoms with E-state index >= 15 is 0 Å². The van der Waals surface area contributed by atoms with Crippen molar-refractivity contribution in [2.24, 2.45) is 5.92 Å². The molecule has 1 aliphatic heterocycles. The van der Waals surface area contributed by atoms with E-state index in [1.807, 2.05) is 13.8 Å². The lowest BCUT2D eigenvalue weighted by atomic mass is 9.89. The van der Waals surface area contributed by atoms with E-state index < -0.39 is 5.54 Å². The summed E-state index contributed by atoms with van der Waals surface area (Å²) in [4.78, 5) is 26.8. The molecule has 20 heavy (non-hydrogen) atoms. The third-order valence-electron chi connectivity index (χ3n) is 4.07. The van der Waals surface area contributed by atoms with Crippen molar-refractivity contribution >= 4 is 11.8 Å². The highest BCUT2D eigenvalue weighted by atomic mass is 16.5. The van der Waals surface area contributed by atoms with Gasteiger partial charge in [0.1, 0.15) is 11.6 Å². The van der Waals surface area contributed by atoms with Gasteiger partial charge in [-0.05, 0) is 32.6 Å². The Balaban J connectivity index is 3.03. The monoisotopic (exact) mass is 284 g/mol. The molecule has 0 aromatic carbocycles. The molecule has 1 fully saturated rings. The fraction of sp³-hybridized carbons (Fsp3) is 0.867. The molecule has 0 aromatic heterocycles. The van der Waals surface area contributed by atoms with Crippen LogP contribution >= 0.6 is 0 Å². The topological polar surface area (TPSA) is 58.6 Å². The zero-order valence-corrected chi connectivity index (χ0v) is 13.5. The lowest BCUT2D eigenvalue weighted by molar-refractivity contribution is -0.156. The van der Waals surface area contributed by atoms with Crippen LogP contribution in [-0.2, 0) is 14.3 Å². The van der Waals surface area contributed by atoms with Gasteiger partial charge in [0.25, 0.3) is 0 Å². The van der Waals surface area contributed by atoms with Crippen LogP contribution in [0.25, 0.3) is 0 Å². The first kappa shape index (κ1) is 17.0. The molecular formula is C15H28N2O3. The number of hydrogen-bond donors (Lipinski definition) is 1. The molecule has 2 amide bonds. The number of carbonyl (C=O) groups excluding carboxylic acids is 2. The number of methoxy groups -OCH3 is 1. The van der Waals surface area contributed by atoms with E-state index in [1.165, 1.54) is 0 Å². The highest BCUT2D eigenvalue weighted by Crippen LogP contribution is 2.25. The Labute approximate surface area is 122 Å². The molecule has 5 heteroatoms. The molecular weight excluding hydrogens is 256 g/mol. The van der Waals surface area contributed by atoms with E-state index in [9.17, 15) is 9.59 Å². The highest BCUT2D eigenvalue weighted by Gasteiger charge is 2.47. The Morgan fingerprint density at radius 3 is 2.40 bits per heavy atom. The molecule has 116 valence electrons. The smallest absolute Gasteiger partial charge is 0.248 e. The molecule has 0 bridgehead atoms. The average molecular weight is 284 g/mol. The first-order valence-electron chi connectivity index (χ1n) is 7.41. The van der Waals surface area contributed by atoms with Gasteiger partial charge in [-0.3, -0.25) is 9.59 Å². The summed E-state index contributed by atoms with van der Waals surface area (Å²) in [6, 6.07) is -0.389. The minimum absolute atomic E-state index is 0.00542. The van der Waals surface area contributed by atoms with E-state index in [-0.39, 0.29) is 24.0 Å². The van der Waals surface area contributed by atoms with Gasteiger partial charge in [-0.2, -0.15) is 0 Å². The lowest BCUT2D eigenvalue weighted by Crippen LogP contribution is -2.69. The fourth-order valence-corrected chi connectivity index (χ4v) is 2.49. The number of nitrogens with zero attached hydrogens (tertiary/aromatic N) is 1. The maximum Gasteiger partial charge on any atom is 0.248 e. The van der Waals surface area contributed by atoms with E-state index in [1.54, 1.807) is 18.9 Å². The second kappa shape index (κ2) is 6.57. The molecule has 3 atom stereocenters. The molecule has 0 saturated carbocycles. The van der Waals surface area contributed by atoms with E-state index in [2.05, 4.69) is 19.2 Å². The largest absolute Gasteiger partial charge is 0.380 e. The summed E-state index contributed by atoms with van der Waals surface area (Å²) in [6.07, 6.45) is 1.18. The third kappa shape index (κ3) is 3.51. The summed E-state index contributed by atoms with van der Waals surface area (Å²) in [6.45, 7) is 10.2. The van der Waals surface area contributed by atoms with Gasteiger partial charge in [0.05, 0.1) is 6.10 Å². The van der Waals surface area contributed by atoms with Crippen LogP contribution in [0.15, 0.2) is 0 Å². The van der Waals surface area contributed by atoms with Gasteiger partial charge in [0.2, 0.25) is 11.8 Å². The van der Waals surface area contributed by atoms with Gasteiger partial charge in [-0.25, -0.2) is 0 Å². The second-order valence-corrected chi connectivity index (χ2v) is 6.32. The van der Waals surface area contributed by atoms with Gasteiger partial charge in [0, 0.05) is 13.7 Å². The maximum absolute atomic E-state index is 12.7. The van der Waals surface area contributed by atoms with Crippen molar-refractivity contribution < 1.29 is 14.3 Å². The quantitative estimate of drug-likeness (QED) is 0.805. The number of amides is 2. The van der Waals surface area contributed by atoms with Gasteiger partial charge in [-0.1, -0.05) is 20.8 Å². The number of ether oxygens (including phenoxy) is 1. The zero-order valence-electron chi connectivity index (χ0n) is 13.5. The summed E-state index contributed by atoms with van der Waals surface area (Å²) >= 11 is 0. The van der Waals surface area contributed by atoms with Crippen LogP contribution < -0.4 is 5.32 Å². The van der Waals surface area contributed by atoms with Crippen LogP contribution in [-0.4, -0.2) is 48.1 Å². The standard InChI is InChI=1S/C15H28N2O3/c1-7-15(5)14(19)17(9-11(4)20-6)12(8-10(2)3)13(18)16-15/h10-12H,7-9H2,1-6H3,(H,16,18). The van der Waals surface area contributed by atoms with Crippen LogP contribution in [0, 0.1) is 5.92 Å². The molecule has 0 radical (unpaired) electrons. The van der Waals surface area contributed by atoms with Crippen molar-refractivity contribution in [3.8, 4) is 0 Å². The normalized spacial score (nSPS) is 28.8. The van der Waals surface area contributed by atoms with Crippen molar-refractivity contribution in [3.63, 3.8) is 0 Å². The third-order valence-corrected chi connectivity index (χ3v) is 4.07. The van der Waals surface area contributed by atoms with Crippen LogP contribution in [0.4, 0.5) is 0 Å². The first-order valence-corrected chi connectivity index (χ1v) is 7.41. The Hall–Kier alpha value is -1.10. The maximum atomic E-state index is 12.7. The highest BCUT2D eigenvalue weighted by molar-refractivity contribution is 5.99. The van der Waals surface area contributed by atoms with E-state index in [0.717, 1.165) is 0 Å². The molecule has 0 spiro atoms. The van der Waals surface area contributed by atoms with E-state index in [4.69, 9.17) is 4.74 Å². The minimum atomic E-state index is -0.794. The number of carbonyl (C=O) groups is 2. The Morgan fingerprint density at radius 1 is 1.35 bits per heavy atom. The SMILES string of the molecule is CCC1(C)NC(=O)C(CC(C)C)N(CC(C)OC)C1=O. The van der Waals surface area contributed by atoms with Gasteiger partial charge in [-0.15, -0.1) is 0 Å². The summed E-state index contributed by atoms with van der Waals surface area (Å²) in [7, 11) is 1.62. The number of hydrogen-bond acceptors (Lipinski definition) is 3. The number of rotatable bonds is 6. The van der Waals surface area contributed by atoms with E-state index in [0.29, 0.717) is 25.3 Å². The van der Waals surface area contributed by atoms with Crippen LogP contribution in [0.1, 0.15) is 47.5 Å². The first-order chi connectivity index (χ1) is 9.25. The van der Waals surface area contributed by atoms with Gasteiger partial charge in [0.15, 0.2) is 0 Å². The Bertz CT molecular complexity index is 370. The molecule has 1 saturated heterocycles. The summed E-state index contributed by atoms with van der Waals surface area (Å²) in [5, 5.41) is 2.90. The van der Waals surface area contributed by atoms with Crippen molar-refractivity contribution in [1.29, 1.82) is 0 Å². The second-order valence-electron chi connectivity index (χ2n) is 6.32. The fourth-order valence-electron chi connectivity index (χ4n) is 2.49. The zero-order chi connectivity index (χ0) is 15.5. The minimum Gasteiger partial charge on any atom is -0.380 e. The molecule has 1 aliphatic rings. The Morgan fingerprint density at radius 2 is 1.95 bits per heavy atom. The predicted octanol–water partition coefficient (Wildman–Crippen LogP) is 1.56. The van der Waals surface area contributed by atoms with Crippen molar-refractivity contribution in [3.05, 3.63) is 0 Å².